The zero-order valence-electron chi connectivity index (χ0n) is 11.7. The van der Waals surface area contributed by atoms with Gasteiger partial charge in [-0.1, -0.05) is 12.1 Å². The van der Waals surface area contributed by atoms with Gasteiger partial charge in [-0.25, -0.2) is 0 Å². The van der Waals surface area contributed by atoms with Crippen molar-refractivity contribution in [3.05, 3.63) is 59.2 Å². The van der Waals surface area contributed by atoms with E-state index in [4.69, 9.17) is 20.0 Å². The first-order valence-electron chi connectivity index (χ1n) is 6.55. The predicted molar refractivity (Wildman–Crippen MR) is 77.8 cm³/mol. The number of rotatable bonds is 5. The number of nitriles is 2. The Morgan fingerprint density at radius 3 is 2.14 bits per heavy atom. The molecule has 0 bridgehead atoms. The van der Waals surface area contributed by atoms with Crippen LogP contribution in [0.15, 0.2) is 42.5 Å². The summed E-state index contributed by atoms with van der Waals surface area (Å²) in [5, 5.41) is 17.7. The van der Waals surface area contributed by atoms with Gasteiger partial charge in [0.2, 0.25) is 0 Å². The van der Waals surface area contributed by atoms with Gasteiger partial charge >= 0.3 is 0 Å². The third-order valence-electron chi connectivity index (χ3n) is 2.85. The van der Waals surface area contributed by atoms with Crippen LogP contribution in [0.5, 0.6) is 11.5 Å². The number of hydrogen-bond acceptors (Lipinski definition) is 4. The molecule has 0 aliphatic carbocycles. The average Bonchev–Trinajstić information content (AvgIpc) is 2.54. The highest BCUT2D eigenvalue weighted by molar-refractivity contribution is 5.46. The Morgan fingerprint density at radius 1 is 0.857 bits per heavy atom. The molecule has 4 nitrogen and oxygen atoms in total. The lowest BCUT2D eigenvalue weighted by Crippen LogP contribution is -2.00. The zero-order valence-corrected chi connectivity index (χ0v) is 11.7. The fraction of sp³-hybridized carbons (Fsp3) is 0.176. The van der Waals surface area contributed by atoms with E-state index in [1.165, 1.54) is 0 Å². The second-order valence-corrected chi connectivity index (χ2v) is 4.30. The molecule has 0 aliphatic heterocycles. The molecule has 0 unspecified atom stereocenters. The quantitative estimate of drug-likeness (QED) is 0.840. The highest BCUT2D eigenvalue weighted by atomic mass is 16.5. The van der Waals surface area contributed by atoms with E-state index in [1.54, 1.807) is 30.3 Å². The van der Waals surface area contributed by atoms with Crippen LogP contribution in [0.1, 0.15) is 23.6 Å². The van der Waals surface area contributed by atoms with Crippen LogP contribution in [0.4, 0.5) is 0 Å². The molecule has 4 heteroatoms. The molecule has 104 valence electrons. The summed E-state index contributed by atoms with van der Waals surface area (Å²) in [6.07, 6.45) is 0. The first-order chi connectivity index (χ1) is 10.3. The second-order valence-electron chi connectivity index (χ2n) is 4.30. The van der Waals surface area contributed by atoms with Crippen molar-refractivity contribution in [1.82, 2.24) is 0 Å². The van der Waals surface area contributed by atoms with Crippen LogP contribution in [-0.4, -0.2) is 6.61 Å². The molecule has 0 heterocycles. The summed E-state index contributed by atoms with van der Waals surface area (Å²) >= 11 is 0. The molecular formula is C17H14N2O2. The SMILES string of the molecule is CCOc1cc(C#N)ccc1OCc1ccc(C#N)cc1. The molecule has 0 amide bonds. The number of nitrogens with zero attached hydrogens (tertiary/aromatic N) is 2. The van der Waals surface area contributed by atoms with E-state index in [0.717, 1.165) is 5.56 Å². The van der Waals surface area contributed by atoms with E-state index in [0.29, 0.717) is 35.8 Å². The van der Waals surface area contributed by atoms with Gasteiger partial charge in [-0.05, 0) is 36.8 Å². The van der Waals surface area contributed by atoms with Crippen LogP contribution < -0.4 is 9.47 Å². The van der Waals surface area contributed by atoms with Crippen molar-refractivity contribution in [2.24, 2.45) is 0 Å². The molecule has 0 spiro atoms. The molecular weight excluding hydrogens is 264 g/mol. The predicted octanol–water partition coefficient (Wildman–Crippen LogP) is 3.41. The molecule has 2 aromatic rings. The summed E-state index contributed by atoms with van der Waals surface area (Å²) in [4.78, 5) is 0. The summed E-state index contributed by atoms with van der Waals surface area (Å²) in [5.41, 5.74) is 2.11. The van der Waals surface area contributed by atoms with Crippen molar-refractivity contribution in [3.63, 3.8) is 0 Å². The van der Waals surface area contributed by atoms with Crippen molar-refractivity contribution in [2.75, 3.05) is 6.61 Å². The maximum Gasteiger partial charge on any atom is 0.162 e. The first kappa shape index (κ1) is 14.4. The van der Waals surface area contributed by atoms with Gasteiger partial charge in [-0.2, -0.15) is 10.5 Å². The van der Waals surface area contributed by atoms with Crippen molar-refractivity contribution in [3.8, 4) is 23.6 Å². The van der Waals surface area contributed by atoms with Crippen LogP contribution in [0, 0.1) is 22.7 Å². The Bertz CT molecular complexity index is 694. The van der Waals surface area contributed by atoms with Crippen LogP contribution in [0.3, 0.4) is 0 Å². The maximum absolute atomic E-state index is 8.91. The minimum absolute atomic E-state index is 0.373. The highest BCUT2D eigenvalue weighted by Crippen LogP contribution is 2.29. The molecule has 2 aromatic carbocycles. The lowest BCUT2D eigenvalue weighted by molar-refractivity contribution is 0.269. The second kappa shape index (κ2) is 6.98. The molecule has 0 aromatic heterocycles. The Balaban J connectivity index is 2.11. The van der Waals surface area contributed by atoms with Crippen LogP contribution in [0.25, 0.3) is 0 Å². The number of benzene rings is 2. The summed E-state index contributed by atoms with van der Waals surface area (Å²) in [6.45, 7) is 2.75. The Morgan fingerprint density at radius 2 is 1.52 bits per heavy atom. The first-order valence-corrected chi connectivity index (χ1v) is 6.55. The Hall–Kier alpha value is -2.98. The van der Waals surface area contributed by atoms with Gasteiger partial charge in [0.1, 0.15) is 6.61 Å². The average molecular weight is 278 g/mol. The van der Waals surface area contributed by atoms with Crippen molar-refractivity contribution in [2.45, 2.75) is 13.5 Å². The van der Waals surface area contributed by atoms with E-state index < -0.39 is 0 Å². The minimum atomic E-state index is 0.373. The van der Waals surface area contributed by atoms with Gasteiger partial charge in [0.05, 0.1) is 29.9 Å². The monoisotopic (exact) mass is 278 g/mol. The summed E-state index contributed by atoms with van der Waals surface area (Å²) < 4.78 is 11.2. The van der Waals surface area contributed by atoms with E-state index in [9.17, 15) is 0 Å². The Labute approximate surface area is 123 Å². The summed E-state index contributed by atoms with van der Waals surface area (Å²) in [6, 6.07) is 16.4. The number of ether oxygens (including phenoxy) is 2. The molecule has 0 fully saturated rings. The highest BCUT2D eigenvalue weighted by Gasteiger charge is 2.07. The topological polar surface area (TPSA) is 66.0 Å². The standard InChI is InChI=1S/C17H14N2O2/c1-2-20-17-9-15(11-19)7-8-16(17)21-12-14-5-3-13(10-18)4-6-14/h3-9H,2,12H2,1H3. The largest absolute Gasteiger partial charge is 0.490 e. The van der Waals surface area contributed by atoms with E-state index in [2.05, 4.69) is 12.1 Å². The van der Waals surface area contributed by atoms with Crippen molar-refractivity contribution < 1.29 is 9.47 Å². The molecule has 0 aliphatic rings. The van der Waals surface area contributed by atoms with Gasteiger partial charge in [-0.3, -0.25) is 0 Å². The number of hydrogen-bond donors (Lipinski definition) is 0. The van der Waals surface area contributed by atoms with Gasteiger partial charge in [0.25, 0.3) is 0 Å². The molecule has 2 rings (SSSR count). The minimum Gasteiger partial charge on any atom is -0.490 e. The van der Waals surface area contributed by atoms with Crippen LogP contribution >= 0.6 is 0 Å². The molecule has 0 N–H and O–H groups in total. The molecule has 0 saturated carbocycles. The smallest absolute Gasteiger partial charge is 0.162 e. The van der Waals surface area contributed by atoms with E-state index in [1.807, 2.05) is 19.1 Å². The van der Waals surface area contributed by atoms with Gasteiger partial charge in [0, 0.05) is 6.07 Å². The molecule has 0 saturated heterocycles. The lowest BCUT2D eigenvalue weighted by Gasteiger charge is -2.12. The van der Waals surface area contributed by atoms with Gasteiger partial charge in [-0.15, -0.1) is 0 Å². The molecule has 21 heavy (non-hydrogen) atoms. The zero-order chi connectivity index (χ0) is 15.1. The normalized spacial score (nSPS) is 9.48. The van der Waals surface area contributed by atoms with Crippen molar-refractivity contribution in [1.29, 1.82) is 10.5 Å². The van der Waals surface area contributed by atoms with Gasteiger partial charge < -0.3 is 9.47 Å². The summed E-state index contributed by atoms with van der Waals surface area (Å²) in [5.74, 6) is 1.16. The maximum atomic E-state index is 8.91. The Kier molecular flexibility index (Phi) is 4.79. The van der Waals surface area contributed by atoms with Crippen LogP contribution in [0.2, 0.25) is 0 Å². The van der Waals surface area contributed by atoms with E-state index >= 15 is 0 Å². The molecule has 0 radical (unpaired) electrons. The van der Waals surface area contributed by atoms with Gasteiger partial charge in [0.15, 0.2) is 11.5 Å². The summed E-state index contributed by atoms with van der Waals surface area (Å²) in [7, 11) is 0. The van der Waals surface area contributed by atoms with Crippen molar-refractivity contribution >= 4 is 0 Å². The third kappa shape index (κ3) is 3.75. The third-order valence-corrected chi connectivity index (χ3v) is 2.85. The van der Waals surface area contributed by atoms with Crippen LogP contribution in [-0.2, 0) is 6.61 Å². The molecule has 0 atom stereocenters. The fourth-order valence-electron chi connectivity index (χ4n) is 1.80. The van der Waals surface area contributed by atoms with E-state index in [-0.39, 0.29) is 0 Å². The lowest BCUT2D eigenvalue weighted by atomic mass is 10.1. The fourth-order valence-corrected chi connectivity index (χ4v) is 1.80.